The largest absolute Gasteiger partial charge is 0.417 e. The highest BCUT2D eigenvalue weighted by Gasteiger charge is 2.44. The molecule has 8 rings (SSSR count). The first-order valence-electron chi connectivity index (χ1n) is 17.2. The fourth-order valence-electron chi connectivity index (χ4n) is 7.11. The van der Waals surface area contributed by atoms with Gasteiger partial charge in [-0.2, -0.15) is 18.3 Å². The first kappa shape index (κ1) is 35.1. The zero-order valence-corrected chi connectivity index (χ0v) is 29.7. The van der Waals surface area contributed by atoms with Crippen LogP contribution in [0.15, 0.2) is 90.0 Å². The molecule has 0 spiro atoms. The maximum absolute atomic E-state index is 14.3. The van der Waals surface area contributed by atoms with Gasteiger partial charge >= 0.3 is 6.18 Å². The summed E-state index contributed by atoms with van der Waals surface area (Å²) in [5, 5.41) is 6.41. The lowest BCUT2D eigenvalue weighted by molar-refractivity contribution is -0.138. The van der Waals surface area contributed by atoms with Gasteiger partial charge in [-0.1, -0.05) is 47.9 Å². The van der Waals surface area contributed by atoms with Crippen molar-refractivity contribution in [3.05, 3.63) is 140 Å². The van der Waals surface area contributed by atoms with Crippen LogP contribution in [0.1, 0.15) is 81.5 Å². The molecule has 1 aliphatic heterocycles. The minimum atomic E-state index is -4.76. The van der Waals surface area contributed by atoms with Crippen LogP contribution in [-0.2, 0) is 12.7 Å². The molecular formula is C40H31ClF3N7O3. The predicted molar refractivity (Wildman–Crippen MR) is 196 cm³/mol. The number of nitrogens with two attached hydrogens (primary N) is 1. The van der Waals surface area contributed by atoms with Crippen molar-refractivity contribution in [2.24, 2.45) is 11.8 Å². The number of aromatic nitrogens is 4. The first-order chi connectivity index (χ1) is 25.8. The molecule has 0 radical (unpaired) electrons. The van der Waals surface area contributed by atoms with Crippen molar-refractivity contribution in [3.63, 3.8) is 0 Å². The molecular weight excluding hydrogens is 719 g/mol. The van der Waals surface area contributed by atoms with Gasteiger partial charge in [0, 0.05) is 30.0 Å². The van der Waals surface area contributed by atoms with Crippen LogP contribution in [0.4, 0.5) is 13.2 Å². The summed E-state index contributed by atoms with van der Waals surface area (Å²) in [5.41, 5.74) is -0.0869. The number of pyridine rings is 1. The van der Waals surface area contributed by atoms with Crippen LogP contribution in [0.25, 0.3) is 22.1 Å². The Labute approximate surface area is 311 Å². The second kappa shape index (κ2) is 13.2. The van der Waals surface area contributed by atoms with Gasteiger partial charge in [-0.15, -0.1) is 0 Å². The fraction of sp³-hybridized carbons (Fsp3) is 0.225. The molecule has 3 aromatic carbocycles. The van der Waals surface area contributed by atoms with E-state index < -0.39 is 29.6 Å². The lowest BCUT2D eigenvalue weighted by atomic mass is 9.99. The molecule has 4 heterocycles. The quantitative estimate of drug-likeness (QED) is 0.0854. The number of carbonyl (C=O) groups is 2. The minimum Gasteiger partial charge on any atom is -0.331 e. The van der Waals surface area contributed by atoms with Crippen molar-refractivity contribution in [2.75, 3.05) is 0 Å². The van der Waals surface area contributed by atoms with Crippen LogP contribution in [0.2, 0.25) is 5.02 Å². The molecule has 2 N–H and O–H groups in total. The van der Waals surface area contributed by atoms with Crippen LogP contribution in [0, 0.1) is 17.8 Å². The fourth-order valence-corrected chi connectivity index (χ4v) is 7.37. The van der Waals surface area contributed by atoms with Gasteiger partial charge in [-0.05, 0) is 91.9 Å². The molecule has 1 fully saturated rings. The normalized spacial score (nSPS) is 15.2. The number of amides is 2. The Hall–Kier alpha value is -5.97. The number of hydrogen-bond donors (Lipinski definition) is 1. The maximum atomic E-state index is 14.3. The molecule has 2 atom stereocenters. The average molecular weight is 750 g/mol. The van der Waals surface area contributed by atoms with Crippen molar-refractivity contribution in [1.29, 1.82) is 0 Å². The highest BCUT2D eigenvalue weighted by atomic mass is 35.5. The number of halogens is 4. The highest BCUT2D eigenvalue weighted by molar-refractivity contribution is 6.35. The Bertz CT molecular complexity index is 2640. The Morgan fingerprint density at radius 1 is 1.02 bits per heavy atom. The smallest absolute Gasteiger partial charge is 0.331 e. The van der Waals surface area contributed by atoms with Crippen molar-refractivity contribution >= 4 is 39.8 Å². The van der Waals surface area contributed by atoms with E-state index in [1.54, 1.807) is 55.5 Å². The molecule has 272 valence electrons. The van der Waals surface area contributed by atoms with Gasteiger partial charge in [0.25, 0.3) is 17.4 Å². The molecule has 0 unspecified atom stereocenters. The maximum Gasteiger partial charge on any atom is 0.417 e. The predicted octanol–water partition coefficient (Wildman–Crippen LogP) is 6.94. The van der Waals surface area contributed by atoms with E-state index >= 15 is 0 Å². The topological polar surface area (TPSA) is 119 Å². The van der Waals surface area contributed by atoms with Gasteiger partial charge in [0.15, 0.2) is 5.65 Å². The number of fused-ring (bicyclic) bond motifs is 3. The SMILES string of the molecule is C[C@@H](c1cc2cccc(Cl)c2c(=O)n1-c1ccccc1)N(N)C(=O)c1cnn2ccc(C#Cc3cc4c(c(C(F)(F)F)c3)C(=O)N([C@@H](C)C3CC3)C4)nc12. The lowest BCUT2D eigenvalue weighted by Gasteiger charge is -2.27. The van der Waals surface area contributed by atoms with Gasteiger partial charge in [0.2, 0.25) is 0 Å². The van der Waals surface area contributed by atoms with E-state index in [9.17, 15) is 27.6 Å². The number of alkyl halides is 3. The van der Waals surface area contributed by atoms with E-state index in [1.165, 1.54) is 38.5 Å². The third-order valence-corrected chi connectivity index (χ3v) is 10.5. The first-order valence-corrected chi connectivity index (χ1v) is 17.6. The van der Waals surface area contributed by atoms with E-state index in [4.69, 9.17) is 17.4 Å². The third-order valence-electron chi connectivity index (χ3n) is 10.2. The highest BCUT2D eigenvalue weighted by Crippen LogP contribution is 2.42. The monoisotopic (exact) mass is 749 g/mol. The standard InChI is InChI=1S/C40H31ClF3N7O3/c1-22(25-12-13-25)48-21-27-17-24(18-31(40(42,43)44)34(27)38(48)53)11-14-28-15-16-49-36(47-28)30(20-46-49)37(52)51(45)23(2)33-19-26-7-6-10-32(41)35(26)39(54)50(33)29-8-4-3-5-9-29/h3-10,15-20,22-23,25H,12-13,21,45H2,1-2H3/t22-,23-/m0/s1. The number of rotatable bonds is 6. The Balaban J connectivity index is 1.12. The lowest BCUT2D eigenvalue weighted by Crippen LogP contribution is -2.41. The van der Waals surface area contributed by atoms with Gasteiger partial charge in [0.05, 0.1) is 39.5 Å². The molecule has 54 heavy (non-hydrogen) atoms. The zero-order valence-electron chi connectivity index (χ0n) is 28.9. The molecule has 0 saturated heterocycles. The summed E-state index contributed by atoms with van der Waals surface area (Å²) in [7, 11) is 0. The Kier molecular flexibility index (Phi) is 8.55. The van der Waals surface area contributed by atoms with Gasteiger partial charge < -0.3 is 4.90 Å². The van der Waals surface area contributed by atoms with E-state index in [0.717, 1.165) is 23.9 Å². The van der Waals surface area contributed by atoms with E-state index in [2.05, 4.69) is 21.9 Å². The summed E-state index contributed by atoms with van der Waals surface area (Å²) in [5.74, 6) is 11.1. The molecule has 1 saturated carbocycles. The number of hydrazine groups is 1. The minimum absolute atomic E-state index is 0.0331. The van der Waals surface area contributed by atoms with Crippen LogP contribution in [0.5, 0.6) is 0 Å². The van der Waals surface area contributed by atoms with Gasteiger partial charge in [-0.25, -0.2) is 15.3 Å². The van der Waals surface area contributed by atoms with E-state index in [1.807, 2.05) is 13.0 Å². The Morgan fingerprint density at radius 2 is 1.78 bits per heavy atom. The number of hydrogen-bond acceptors (Lipinski definition) is 6. The summed E-state index contributed by atoms with van der Waals surface area (Å²) in [6, 6.07) is 18.7. The second-order valence-electron chi connectivity index (χ2n) is 13.6. The molecule has 3 aromatic heterocycles. The number of para-hydroxylation sites is 1. The molecule has 1 aliphatic carbocycles. The van der Waals surface area contributed by atoms with E-state index in [0.29, 0.717) is 28.1 Å². The summed E-state index contributed by atoms with van der Waals surface area (Å²) in [6.07, 6.45) is -0.0370. The van der Waals surface area contributed by atoms with Crippen molar-refractivity contribution in [2.45, 2.75) is 51.5 Å². The molecule has 6 aromatic rings. The van der Waals surface area contributed by atoms with E-state index in [-0.39, 0.29) is 56.8 Å². The van der Waals surface area contributed by atoms with Crippen LogP contribution >= 0.6 is 11.6 Å². The third kappa shape index (κ3) is 6.07. The molecule has 0 bridgehead atoms. The summed E-state index contributed by atoms with van der Waals surface area (Å²) in [4.78, 5) is 47.1. The Morgan fingerprint density at radius 3 is 2.50 bits per heavy atom. The second-order valence-corrected chi connectivity index (χ2v) is 14.0. The molecule has 10 nitrogen and oxygen atoms in total. The van der Waals surface area contributed by atoms with Gasteiger partial charge in [-0.3, -0.25) is 24.0 Å². The summed E-state index contributed by atoms with van der Waals surface area (Å²) < 4.78 is 45.6. The molecule has 2 aliphatic rings. The van der Waals surface area contributed by atoms with Crippen molar-refractivity contribution in [3.8, 4) is 17.5 Å². The van der Waals surface area contributed by atoms with Crippen molar-refractivity contribution < 1.29 is 22.8 Å². The number of carbonyl (C=O) groups excluding carboxylic acids is 2. The van der Waals surface area contributed by atoms with Crippen LogP contribution in [0.3, 0.4) is 0 Å². The number of benzene rings is 3. The van der Waals surface area contributed by atoms with Crippen molar-refractivity contribution in [1.82, 2.24) is 29.1 Å². The van der Waals surface area contributed by atoms with Crippen LogP contribution < -0.4 is 11.4 Å². The molecule has 2 amide bonds. The van der Waals surface area contributed by atoms with Crippen LogP contribution in [-0.4, -0.2) is 46.9 Å². The van der Waals surface area contributed by atoms with Gasteiger partial charge in [0.1, 0.15) is 11.3 Å². The number of nitrogens with zero attached hydrogens (tertiary/aromatic N) is 6. The molecule has 14 heteroatoms. The average Bonchev–Trinajstić information content (AvgIpc) is 3.85. The summed E-state index contributed by atoms with van der Waals surface area (Å²) >= 11 is 6.45. The summed E-state index contributed by atoms with van der Waals surface area (Å²) in [6.45, 7) is 3.64. The zero-order chi connectivity index (χ0) is 38.1.